The molecular weight excluding hydrogens is 434 g/mol. The molecule has 2 aromatic rings. The highest BCUT2D eigenvalue weighted by Crippen LogP contribution is 2.16. The monoisotopic (exact) mass is 469 g/mol. The minimum Gasteiger partial charge on any atom is -0.339 e. The van der Waals surface area contributed by atoms with Crippen molar-refractivity contribution in [3.05, 3.63) is 71.8 Å². The van der Waals surface area contributed by atoms with Crippen LogP contribution in [0.25, 0.3) is 6.08 Å². The third-order valence-corrected chi connectivity index (χ3v) is 7.28. The minimum absolute atomic E-state index is 0.140. The highest BCUT2D eigenvalue weighted by molar-refractivity contribution is 7.89. The Morgan fingerprint density at radius 3 is 2.24 bits per heavy atom. The Morgan fingerprint density at radius 1 is 1.00 bits per heavy atom. The molecule has 178 valence electrons. The van der Waals surface area contributed by atoms with Gasteiger partial charge in [0.1, 0.15) is 6.04 Å². The van der Waals surface area contributed by atoms with Gasteiger partial charge >= 0.3 is 0 Å². The maximum Gasteiger partial charge on any atom is 0.241 e. The third kappa shape index (κ3) is 7.52. The average Bonchev–Trinajstić information content (AvgIpc) is 2.79. The Labute approximate surface area is 198 Å². The number of hydrogen-bond donors (Lipinski definition) is 1. The molecule has 0 aromatic heterocycles. The van der Waals surface area contributed by atoms with Crippen LogP contribution >= 0.6 is 0 Å². The first-order chi connectivity index (χ1) is 15.7. The van der Waals surface area contributed by atoms with E-state index in [0.29, 0.717) is 19.5 Å². The third-order valence-electron chi connectivity index (χ3n) is 5.79. The van der Waals surface area contributed by atoms with Gasteiger partial charge in [0.25, 0.3) is 0 Å². The fraction of sp³-hybridized carbons (Fsp3) is 0.423. The summed E-state index contributed by atoms with van der Waals surface area (Å²) in [5.74, 6) is 0.0444. The molecule has 1 saturated heterocycles. The molecule has 1 N–H and O–H groups in total. The summed E-state index contributed by atoms with van der Waals surface area (Å²) in [5, 5.41) is 0. The standard InChI is InChI=1S/C26H35N3O3S/c1-21(2)20-25(27-33(31,32)24-13-11-22(3)12-14-24)26(30)29-18-16-28(17-19-29)15-7-10-23-8-5-4-6-9-23/h4-14,21,25,27H,15-20H2,1-3H3. The van der Waals surface area contributed by atoms with Crippen molar-refractivity contribution in [2.75, 3.05) is 32.7 Å². The fourth-order valence-corrected chi connectivity index (χ4v) is 5.12. The zero-order valence-electron chi connectivity index (χ0n) is 19.8. The number of piperazine rings is 1. The van der Waals surface area contributed by atoms with E-state index in [-0.39, 0.29) is 16.7 Å². The number of aryl methyl sites for hydroxylation is 1. The molecule has 6 nitrogen and oxygen atoms in total. The maximum absolute atomic E-state index is 13.3. The molecule has 1 aliphatic rings. The second kappa shape index (κ2) is 11.6. The summed E-state index contributed by atoms with van der Waals surface area (Å²) >= 11 is 0. The predicted molar refractivity (Wildman–Crippen MR) is 133 cm³/mol. The zero-order valence-corrected chi connectivity index (χ0v) is 20.6. The van der Waals surface area contributed by atoms with Gasteiger partial charge < -0.3 is 4.90 Å². The van der Waals surface area contributed by atoms with Gasteiger partial charge in [0, 0.05) is 32.7 Å². The fourth-order valence-electron chi connectivity index (χ4n) is 3.92. The van der Waals surface area contributed by atoms with E-state index >= 15 is 0 Å². The summed E-state index contributed by atoms with van der Waals surface area (Å²) in [6.45, 7) is 9.46. The van der Waals surface area contributed by atoms with Crippen LogP contribution < -0.4 is 4.72 Å². The largest absolute Gasteiger partial charge is 0.339 e. The van der Waals surface area contributed by atoms with Crippen molar-refractivity contribution in [1.82, 2.24) is 14.5 Å². The number of carbonyl (C=O) groups excluding carboxylic acids is 1. The van der Waals surface area contributed by atoms with Gasteiger partial charge in [-0.15, -0.1) is 0 Å². The number of sulfonamides is 1. The number of benzene rings is 2. The van der Waals surface area contributed by atoms with E-state index in [1.807, 2.05) is 39.0 Å². The topological polar surface area (TPSA) is 69.7 Å². The first-order valence-corrected chi connectivity index (χ1v) is 13.0. The van der Waals surface area contributed by atoms with E-state index in [4.69, 9.17) is 0 Å². The minimum atomic E-state index is -3.77. The number of amides is 1. The number of rotatable bonds is 9. The molecule has 1 heterocycles. The Balaban J connectivity index is 1.58. The Morgan fingerprint density at radius 2 is 1.64 bits per heavy atom. The Bertz CT molecular complexity index is 1030. The van der Waals surface area contributed by atoms with Crippen molar-refractivity contribution in [3.63, 3.8) is 0 Å². The van der Waals surface area contributed by atoms with Crippen LogP contribution in [0.4, 0.5) is 0 Å². The highest BCUT2D eigenvalue weighted by atomic mass is 32.2. The summed E-state index contributed by atoms with van der Waals surface area (Å²) in [6, 6.07) is 16.1. The lowest BCUT2D eigenvalue weighted by atomic mass is 10.0. The second-order valence-electron chi connectivity index (χ2n) is 9.06. The van der Waals surface area contributed by atoms with Crippen LogP contribution in [0.1, 0.15) is 31.4 Å². The van der Waals surface area contributed by atoms with Crippen molar-refractivity contribution in [2.24, 2.45) is 5.92 Å². The van der Waals surface area contributed by atoms with Gasteiger partial charge in [-0.2, -0.15) is 4.72 Å². The van der Waals surface area contributed by atoms with E-state index in [9.17, 15) is 13.2 Å². The smallest absolute Gasteiger partial charge is 0.241 e. The molecule has 33 heavy (non-hydrogen) atoms. The van der Waals surface area contributed by atoms with Crippen LogP contribution in [0, 0.1) is 12.8 Å². The quantitative estimate of drug-likeness (QED) is 0.610. The summed E-state index contributed by atoms with van der Waals surface area (Å²) in [4.78, 5) is 17.6. The Kier molecular flexibility index (Phi) is 8.83. The lowest BCUT2D eigenvalue weighted by molar-refractivity contribution is -0.135. The predicted octanol–water partition coefficient (Wildman–Crippen LogP) is 3.55. The second-order valence-corrected chi connectivity index (χ2v) is 10.8. The SMILES string of the molecule is Cc1ccc(S(=O)(=O)NC(CC(C)C)C(=O)N2CCN(CC=Cc3ccccc3)CC2)cc1. The van der Waals surface area contributed by atoms with E-state index < -0.39 is 16.1 Å². The van der Waals surface area contributed by atoms with E-state index in [1.165, 1.54) is 5.56 Å². The molecule has 7 heteroatoms. The molecule has 0 spiro atoms. The van der Waals surface area contributed by atoms with Gasteiger partial charge in [-0.25, -0.2) is 8.42 Å². The molecular formula is C26H35N3O3S. The number of nitrogens with zero attached hydrogens (tertiary/aromatic N) is 2. The molecule has 1 aliphatic heterocycles. The van der Waals surface area contributed by atoms with Crippen molar-refractivity contribution in [1.29, 1.82) is 0 Å². The molecule has 1 amide bonds. The number of hydrogen-bond acceptors (Lipinski definition) is 4. The van der Waals surface area contributed by atoms with E-state index in [0.717, 1.165) is 25.2 Å². The summed E-state index contributed by atoms with van der Waals surface area (Å²) < 4.78 is 28.5. The normalized spacial score (nSPS) is 16.4. The van der Waals surface area contributed by atoms with Gasteiger partial charge in [-0.3, -0.25) is 9.69 Å². The van der Waals surface area contributed by atoms with Crippen LogP contribution in [-0.2, 0) is 14.8 Å². The lowest BCUT2D eigenvalue weighted by Crippen LogP contribution is -2.55. The van der Waals surface area contributed by atoms with Crippen molar-refractivity contribution in [2.45, 2.75) is 38.1 Å². The Hall–Kier alpha value is -2.48. The molecule has 0 saturated carbocycles. The van der Waals surface area contributed by atoms with Crippen LogP contribution in [0.3, 0.4) is 0 Å². The van der Waals surface area contributed by atoms with Gasteiger partial charge in [-0.05, 0) is 37.0 Å². The molecule has 3 rings (SSSR count). The van der Waals surface area contributed by atoms with Crippen molar-refractivity contribution < 1.29 is 13.2 Å². The summed E-state index contributed by atoms with van der Waals surface area (Å²) in [6.07, 6.45) is 4.71. The van der Waals surface area contributed by atoms with Crippen LogP contribution in [0.15, 0.2) is 65.6 Å². The van der Waals surface area contributed by atoms with Crippen LogP contribution in [0.5, 0.6) is 0 Å². The lowest BCUT2D eigenvalue weighted by Gasteiger charge is -2.36. The van der Waals surface area contributed by atoms with Gasteiger partial charge in [0.15, 0.2) is 0 Å². The number of nitrogens with one attached hydrogen (secondary N) is 1. The maximum atomic E-state index is 13.3. The molecule has 2 aromatic carbocycles. The van der Waals surface area contributed by atoms with Gasteiger partial charge in [-0.1, -0.05) is 74.0 Å². The molecule has 0 bridgehead atoms. The highest BCUT2D eigenvalue weighted by Gasteiger charge is 2.31. The van der Waals surface area contributed by atoms with E-state index in [2.05, 4.69) is 33.9 Å². The van der Waals surface area contributed by atoms with E-state index in [1.54, 1.807) is 29.2 Å². The van der Waals surface area contributed by atoms with Crippen molar-refractivity contribution >= 4 is 22.0 Å². The molecule has 0 aliphatic carbocycles. The van der Waals surface area contributed by atoms with Crippen LogP contribution in [-0.4, -0.2) is 62.9 Å². The molecule has 1 atom stereocenters. The zero-order chi connectivity index (χ0) is 23.8. The molecule has 1 fully saturated rings. The summed E-state index contributed by atoms with van der Waals surface area (Å²) in [7, 11) is -3.77. The van der Waals surface area contributed by atoms with Crippen molar-refractivity contribution in [3.8, 4) is 0 Å². The van der Waals surface area contributed by atoms with Gasteiger partial charge in [0.2, 0.25) is 15.9 Å². The first-order valence-electron chi connectivity index (χ1n) is 11.6. The average molecular weight is 470 g/mol. The molecule has 0 radical (unpaired) electrons. The van der Waals surface area contributed by atoms with Crippen LogP contribution in [0.2, 0.25) is 0 Å². The first kappa shape index (κ1) is 25.1. The number of carbonyl (C=O) groups is 1. The van der Waals surface area contributed by atoms with Gasteiger partial charge in [0.05, 0.1) is 4.90 Å². The summed E-state index contributed by atoms with van der Waals surface area (Å²) in [5.41, 5.74) is 2.16. The molecule has 1 unspecified atom stereocenters.